The Morgan fingerprint density at radius 1 is 1.20 bits per heavy atom. The molecule has 0 unspecified atom stereocenters. The minimum atomic E-state index is 0.638. The van der Waals surface area contributed by atoms with E-state index in [0.29, 0.717) is 24.6 Å². The SMILES string of the molecule is COc1ccnc(CN(C)Cc2ccc(Br)o2)c1OC. The maximum Gasteiger partial charge on any atom is 0.183 e. The molecule has 0 fully saturated rings. The summed E-state index contributed by atoms with van der Waals surface area (Å²) in [5.74, 6) is 2.25. The number of nitrogens with zero attached hydrogens (tertiary/aromatic N) is 2. The Morgan fingerprint density at radius 3 is 2.60 bits per heavy atom. The molecule has 0 aliphatic carbocycles. The number of methoxy groups -OCH3 is 2. The van der Waals surface area contributed by atoms with E-state index in [-0.39, 0.29) is 0 Å². The second kappa shape index (κ2) is 6.76. The first kappa shape index (κ1) is 14.9. The van der Waals surface area contributed by atoms with Gasteiger partial charge in [-0.2, -0.15) is 0 Å². The molecule has 0 radical (unpaired) electrons. The minimum absolute atomic E-state index is 0.638. The summed E-state index contributed by atoms with van der Waals surface area (Å²) in [6, 6.07) is 5.61. The molecule has 0 N–H and O–H groups in total. The fraction of sp³-hybridized carbons (Fsp3) is 0.357. The number of halogens is 1. The third-order valence-electron chi connectivity index (χ3n) is 2.84. The monoisotopic (exact) mass is 340 g/mol. The molecule has 0 aliphatic rings. The fourth-order valence-electron chi connectivity index (χ4n) is 1.98. The summed E-state index contributed by atoms with van der Waals surface area (Å²) >= 11 is 3.30. The van der Waals surface area contributed by atoms with Gasteiger partial charge in [-0.1, -0.05) is 0 Å². The van der Waals surface area contributed by atoms with Crippen molar-refractivity contribution in [2.45, 2.75) is 13.1 Å². The molecule has 20 heavy (non-hydrogen) atoms. The molecule has 2 heterocycles. The van der Waals surface area contributed by atoms with Gasteiger partial charge in [0.25, 0.3) is 0 Å². The molecule has 0 saturated carbocycles. The lowest BCUT2D eigenvalue weighted by Crippen LogP contribution is -2.18. The Bertz CT molecular complexity index is 571. The second-order valence-electron chi connectivity index (χ2n) is 4.37. The summed E-state index contributed by atoms with van der Waals surface area (Å²) in [6.07, 6.45) is 1.72. The molecule has 2 rings (SSSR count). The first-order valence-electron chi connectivity index (χ1n) is 6.12. The van der Waals surface area contributed by atoms with E-state index in [2.05, 4.69) is 25.8 Å². The molecule has 0 spiro atoms. The van der Waals surface area contributed by atoms with Crippen molar-refractivity contribution in [1.82, 2.24) is 9.88 Å². The average Bonchev–Trinajstić information content (AvgIpc) is 2.83. The van der Waals surface area contributed by atoms with E-state index >= 15 is 0 Å². The van der Waals surface area contributed by atoms with Gasteiger partial charge >= 0.3 is 0 Å². The van der Waals surface area contributed by atoms with Crippen LogP contribution in [-0.4, -0.2) is 31.2 Å². The molecule has 0 aromatic carbocycles. The highest BCUT2D eigenvalue weighted by Crippen LogP contribution is 2.29. The predicted octanol–water partition coefficient (Wildman–Crippen LogP) is 3.09. The van der Waals surface area contributed by atoms with Crippen LogP contribution < -0.4 is 9.47 Å². The van der Waals surface area contributed by atoms with Crippen LogP contribution in [0.2, 0.25) is 0 Å². The van der Waals surface area contributed by atoms with Crippen LogP contribution in [0.3, 0.4) is 0 Å². The molecule has 108 valence electrons. The fourth-order valence-corrected chi connectivity index (χ4v) is 2.32. The summed E-state index contributed by atoms with van der Waals surface area (Å²) in [5.41, 5.74) is 0.833. The smallest absolute Gasteiger partial charge is 0.183 e. The number of aromatic nitrogens is 1. The third kappa shape index (κ3) is 3.52. The summed E-state index contributed by atoms with van der Waals surface area (Å²) in [5, 5.41) is 0. The number of hydrogen-bond acceptors (Lipinski definition) is 5. The average molecular weight is 341 g/mol. The molecular weight excluding hydrogens is 324 g/mol. The van der Waals surface area contributed by atoms with Gasteiger partial charge in [0.15, 0.2) is 16.2 Å². The van der Waals surface area contributed by atoms with Crippen LogP contribution in [0.1, 0.15) is 11.5 Å². The van der Waals surface area contributed by atoms with E-state index in [0.717, 1.165) is 16.1 Å². The predicted molar refractivity (Wildman–Crippen MR) is 78.9 cm³/mol. The molecule has 5 nitrogen and oxygen atoms in total. The van der Waals surface area contributed by atoms with Gasteiger partial charge in [0.2, 0.25) is 0 Å². The van der Waals surface area contributed by atoms with E-state index in [1.54, 1.807) is 26.5 Å². The lowest BCUT2D eigenvalue weighted by atomic mass is 10.2. The van der Waals surface area contributed by atoms with Crippen LogP contribution in [-0.2, 0) is 13.1 Å². The van der Waals surface area contributed by atoms with Crippen LogP contribution in [0, 0.1) is 0 Å². The zero-order chi connectivity index (χ0) is 14.5. The van der Waals surface area contributed by atoms with E-state index in [4.69, 9.17) is 13.9 Å². The lowest BCUT2D eigenvalue weighted by molar-refractivity contribution is 0.273. The molecule has 2 aromatic heterocycles. The van der Waals surface area contributed by atoms with Crippen molar-refractivity contribution >= 4 is 15.9 Å². The van der Waals surface area contributed by atoms with Crippen LogP contribution >= 0.6 is 15.9 Å². The standard InChI is InChI=1S/C14H17BrN2O3/c1-17(8-10-4-5-13(15)20-10)9-11-14(19-3)12(18-2)6-7-16-11/h4-7H,8-9H2,1-3H3. The van der Waals surface area contributed by atoms with Crippen molar-refractivity contribution in [2.24, 2.45) is 0 Å². The molecular formula is C14H17BrN2O3. The van der Waals surface area contributed by atoms with Gasteiger partial charge in [-0.25, -0.2) is 0 Å². The highest BCUT2D eigenvalue weighted by Gasteiger charge is 2.13. The van der Waals surface area contributed by atoms with Crippen LogP contribution in [0.15, 0.2) is 33.5 Å². The van der Waals surface area contributed by atoms with E-state index in [1.807, 2.05) is 19.2 Å². The number of pyridine rings is 1. The molecule has 0 aliphatic heterocycles. The molecule has 6 heteroatoms. The second-order valence-corrected chi connectivity index (χ2v) is 5.15. The molecule has 0 atom stereocenters. The maximum atomic E-state index is 5.49. The molecule has 0 bridgehead atoms. The lowest BCUT2D eigenvalue weighted by Gasteiger charge is -2.17. The number of rotatable bonds is 6. The Hall–Kier alpha value is -1.53. The topological polar surface area (TPSA) is 47.7 Å². The van der Waals surface area contributed by atoms with Gasteiger partial charge in [0.05, 0.1) is 20.8 Å². The quantitative estimate of drug-likeness (QED) is 0.808. The highest BCUT2D eigenvalue weighted by atomic mass is 79.9. The number of ether oxygens (including phenoxy) is 2. The van der Waals surface area contributed by atoms with Crippen LogP contribution in [0.25, 0.3) is 0 Å². The number of furan rings is 1. The van der Waals surface area contributed by atoms with Gasteiger partial charge in [-0.05, 0) is 35.1 Å². The van der Waals surface area contributed by atoms with Gasteiger partial charge in [0, 0.05) is 18.8 Å². The van der Waals surface area contributed by atoms with Gasteiger partial charge < -0.3 is 13.9 Å². The first-order chi connectivity index (χ1) is 9.63. The molecule has 2 aromatic rings. The maximum absolute atomic E-state index is 5.49. The normalized spacial score (nSPS) is 10.8. The third-order valence-corrected chi connectivity index (χ3v) is 3.27. The minimum Gasteiger partial charge on any atom is -0.493 e. The van der Waals surface area contributed by atoms with Crippen LogP contribution in [0.4, 0.5) is 0 Å². The summed E-state index contributed by atoms with van der Waals surface area (Å²) in [4.78, 5) is 6.45. The van der Waals surface area contributed by atoms with Crippen molar-refractivity contribution in [3.63, 3.8) is 0 Å². The zero-order valence-corrected chi connectivity index (χ0v) is 13.3. The van der Waals surface area contributed by atoms with Gasteiger partial charge in [0.1, 0.15) is 11.5 Å². The van der Waals surface area contributed by atoms with Crippen molar-refractivity contribution in [2.75, 3.05) is 21.3 Å². The van der Waals surface area contributed by atoms with Crippen molar-refractivity contribution < 1.29 is 13.9 Å². The zero-order valence-electron chi connectivity index (χ0n) is 11.7. The van der Waals surface area contributed by atoms with Gasteiger partial charge in [-0.3, -0.25) is 9.88 Å². The van der Waals surface area contributed by atoms with E-state index in [9.17, 15) is 0 Å². The Balaban J connectivity index is 2.09. The van der Waals surface area contributed by atoms with Crippen LogP contribution in [0.5, 0.6) is 11.5 Å². The summed E-state index contributed by atoms with van der Waals surface area (Å²) in [6.45, 7) is 1.33. The van der Waals surface area contributed by atoms with E-state index in [1.165, 1.54) is 0 Å². The summed E-state index contributed by atoms with van der Waals surface area (Å²) in [7, 11) is 5.23. The first-order valence-corrected chi connectivity index (χ1v) is 6.92. The highest BCUT2D eigenvalue weighted by molar-refractivity contribution is 9.10. The number of hydrogen-bond donors (Lipinski definition) is 0. The van der Waals surface area contributed by atoms with Gasteiger partial charge in [-0.15, -0.1) is 0 Å². The van der Waals surface area contributed by atoms with Crippen molar-refractivity contribution in [3.8, 4) is 11.5 Å². The Labute approximate surface area is 126 Å². The van der Waals surface area contributed by atoms with Crippen molar-refractivity contribution in [1.29, 1.82) is 0 Å². The van der Waals surface area contributed by atoms with Crippen molar-refractivity contribution in [3.05, 3.63) is 40.5 Å². The Kier molecular flexibility index (Phi) is 5.03. The van der Waals surface area contributed by atoms with E-state index < -0.39 is 0 Å². The largest absolute Gasteiger partial charge is 0.493 e. The molecule has 0 saturated heterocycles. The summed E-state index contributed by atoms with van der Waals surface area (Å²) < 4.78 is 16.9. The Morgan fingerprint density at radius 2 is 2.00 bits per heavy atom. The molecule has 0 amide bonds.